The third-order valence-corrected chi connectivity index (χ3v) is 3.39. The predicted octanol–water partition coefficient (Wildman–Crippen LogP) is 1.77. The van der Waals surface area contributed by atoms with Gasteiger partial charge in [0.15, 0.2) is 0 Å². The molecule has 0 aliphatic carbocycles. The number of hydrogen-bond acceptors (Lipinski definition) is 8. The van der Waals surface area contributed by atoms with Gasteiger partial charge in [0, 0.05) is 5.39 Å². The van der Waals surface area contributed by atoms with E-state index >= 15 is 0 Å². The molecule has 2 aromatic heterocycles. The van der Waals surface area contributed by atoms with Gasteiger partial charge < -0.3 is 18.3 Å². The third kappa shape index (κ3) is 2.94. The van der Waals surface area contributed by atoms with Gasteiger partial charge in [-0.15, -0.1) is 5.10 Å². The van der Waals surface area contributed by atoms with Crippen LogP contribution < -0.4 is 10.9 Å². The van der Waals surface area contributed by atoms with Crippen LogP contribution in [0.1, 0.15) is 16.2 Å². The summed E-state index contributed by atoms with van der Waals surface area (Å²) < 4.78 is 20.8. The Bertz CT molecular complexity index is 1040. The maximum atomic E-state index is 12.3. The first-order valence-electron chi connectivity index (χ1n) is 7.33. The standard InChI is InChI=1S/C16H11N3O6/c20-13(10-7-9-3-1-2-4-11(9)24-15(10)21)17-16-19-18-14(25-16)12-8-22-5-6-23-12/h1-4,7-8H,5-6H2,(H,17,19,20). The van der Waals surface area contributed by atoms with Gasteiger partial charge in [0.1, 0.15) is 30.6 Å². The van der Waals surface area contributed by atoms with Crippen LogP contribution in [0.2, 0.25) is 0 Å². The minimum absolute atomic E-state index is 0.0561. The number of amides is 1. The number of hydrogen-bond donors (Lipinski definition) is 1. The summed E-state index contributed by atoms with van der Waals surface area (Å²) in [5, 5.41) is 10.4. The van der Waals surface area contributed by atoms with Crippen LogP contribution in [0.15, 0.2) is 50.2 Å². The lowest BCUT2D eigenvalue weighted by Gasteiger charge is -2.11. The van der Waals surface area contributed by atoms with Crippen LogP contribution in [-0.2, 0) is 9.47 Å². The van der Waals surface area contributed by atoms with Crippen LogP contribution in [0.4, 0.5) is 6.01 Å². The molecular formula is C16H11N3O6. The molecule has 9 heteroatoms. The highest BCUT2D eigenvalue weighted by Gasteiger charge is 2.19. The quantitative estimate of drug-likeness (QED) is 0.716. The van der Waals surface area contributed by atoms with Crippen molar-refractivity contribution >= 4 is 28.7 Å². The molecule has 0 spiro atoms. The number of carbonyl (C=O) groups excluding carboxylic acids is 1. The smallest absolute Gasteiger partial charge is 0.349 e. The summed E-state index contributed by atoms with van der Waals surface area (Å²) in [5.74, 6) is -0.394. The molecule has 0 radical (unpaired) electrons. The van der Waals surface area contributed by atoms with Gasteiger partial charge in [-0.25, -0.2) is 4.79 Å². The second kappa shape index (κ2) is 6.11. The van der Waals surface area contributed by atoms with Gasteiger partial charge >= 0.3 is 11.6 Å². The Morgan fingerprint density at radius 1 is 1.12 bits per heavy atom. The molecule has 0 saturated heterocycles. The average molecular weight is 341 g/mol. The van der Waals surface area contributed by atoms with E-state index < -0.39 is 11.5 Å². The Balaban J connectivity index is 1.58. The molecule has 3 heterocycles. The summed E-state index contributed by atoms with van der Waals surface area (Å²) in [6.45, 7) is 0.785. The third-order valence-electron chi connectivity index (χ3n) is 3.39. The number of ether oxygens (including phenoxy) is 2. The van der Waals surface area contributed by atoms with Crippen molar-refractivity contribution in [1.82, 2.24) is 10.2 Å². The maximum absolute atomic E-state index is 12.3. The zero-order chi connectivity index (χ0) is 17.2. The summed E-state index contributed by atoms with van der Waals surface area (Å²) in [6, 6.07) is 8.14. The van der Waals surface area contributed by atoms with E-state index in [-0.39, 0.29) is 23.2 Å². The summed E-state index contributed by atoms with van der Waals surface area (Å²) in [6.07, 6.45) is 1.35. The summed E-state index contributed by atoms with van der Waals surface area (Å²) in [4.78, 5) is 24.3. The first kappa shape index (κ1) is 14.9. The van der Waals surface area contributed by atoms with Gasteiger partial charge in [0.05, 0.1) is 0 Å². The highest BCUT2D eigenvalue weighted by Crippen LogP contribution is 2.19. The van der Waals surface area contributed by atoms with Gasteiger partial charge in [-0.2, -0.15) is 0 Å². The van der Waals surface area contributed by atoms with E-state index in [2.05, 4.69) is 15.5 Å². The fourth-order valence-corrected chi connectivity index (χ4v) is 2.24. The van der Waals surface area contributed by atoms with Gasteiger partial charge in [0.25, 0.3) is 11.8 Å². The SMILES string of the molecule is O=C(Nc1nnc(C2=COCCO2)o1)c1cc2ccccc2oc1=O. The molecule has 1 aliphatic rings. The number of carbonyl (C=O) groups is 1. The maximum Gasteiger partial charge on any atom is 0.349 e. The number of nitrogens with one attached hydrogen (secondary N) is 1. The molecular weight excluding hydrogens is 330 g/mol. The van der Waals surface area contributed by atoms with E-state index in [0.717, 1.165) is 0 Å². The van der Waals surface area contributed by atoms with Gasteiger partial charge in [-0.05, 0) is 12.1 Å². The van der Waals surface area contributed by atoms with Crippen molar-refractivity contribution in [2.75, 3.05) is 18.5 Å². The predicted molar refractivity (Wildman–Crippen MR) is 84.6 cm³/mol. The van der Waals surface area contributed by atoms with Crippen LogP contribution in [0.3, 0.4) is 0 Å². The zero-order valence-electron chi connectivity index (χ0n) is 12.7. The first-order valence-corrected chi connectivity index (χ1v) is 7.33. The molecule has 4 rings (SSSR count). The lowest BCUT2D eigenvalue weighted by molar-refractivity contribution is 0.102. The number of anilines is 1. The highest BCUT2D eigenvalue weighted by molar-refractivity contribution is 6.04. The number of para-hydroxylation sites is 1. The Morgan fingerprint density at radius 3 is 2.84 bits per heavy atom. The number of benzene rings is 1. The summed E-state index contributed by atoms with van der Waals surface area (Å²) in [7, 11) is 0. The Kier molecular flexibility index (Phi) is 3.65. The molecule has 0 atom stereocenters. The molecule has 1 aliphatic heterocycles. The van der Waals surface area contributed by atoms with Crippen molar-refractivity contribution in [1.29, 1.82) is 0 Å². The molecule has 3 aromatic rings. The summed E-state index contributed by atoms with van der Waals surface area (Å²) >= 11 is 0. The Hall–Kier alpha value is -3.62. The normalized spacial score (nSPS) is 13.7. The largest absolute Gasteiger partial charge is 0.494 e. The fourth-order valence-electron chi connectivity index (χ4n) is 2.24. The van der Waals surface area contributed by atoms with Gasteiger partial charge in [0.2, 0.25) is 5.76 Å². The fraction of sp³-hybridized carbons (Fsp3) is 0.125. The number of aromatic nitrogens is 2. The van der Waals surface area contributed by atoms with Crippen LogP contribution in [0.25, 0.3) is 16.7 Å². The molecule has 25 heavy (non-hydrogen) atoms. The second-order valence-corrected chi connectivity index (χ2v) is 5.05. The van der Waals surface area contributed by atoms with Gasteiger partial charge in [-0.3, -0.25) is 10.1 Å². The monoisotopic (exact) mass is 341 g/mol. The van der Waals surface area contributed by atoms with Crippen LogP contribution in [0.5, 0.6) is 0 Å². The van der Waals surface area contributed by atoms with Crippen molar-refractivity contribution in [3.05, 3.63) is 58.5 Å². The molecule has 1 amide bonds. The van der Waals surface area contributed by atoms with E-state index in [4.69, 9.17) is 18.3 Å². The molecule has 1 aromatic carbocycles. The lowest BCUT2D eigenvalue weighted by atomic mass is 10.2. The van der Waals surface area contributed by atoms with Gasteiger partial charge in [-0.1, -0.05) is 23.3 Å². The molecule has 1 N–H and O–H groups in total. The second-order valence-electron chi connectivity index (χ2n) is 5.05. The molecule has 0 saturated carbocycles. The number of fused-ring (bicyclic) bond motifs is 1. The van der Waals surface area contributed by atoms with Crippen molar-refractivity contribution in [2.45, 2.75) is 0 Å². The van der Waals surface area contributed by atoms with Crippen LogP contribution >= 0.6 is 0 Å². The van der Waals surface area contributed by atoms with E-state index in [1.807, 2.05) is 0 Å². The van der Waals surface area contributed by atoms with E-state index in [1.165, 1.54) is 12.3 Å². The Morgan fingerprint density at radius 2 is 2.00 bits per heavy atom. The summed E-state index contributed by atoms with van der Waals surface area (Å²) in [5.41, 5.74) is -0.539. The average Bonchev–Trinajstić information content (AvgIpc) is 3.10. The first-order chi connectivity index (χ1) is 12.2. The minimum atomic E-state index is -0.761. The van der Waals surface area contributed by atoms with E-state index in [1.54, 1.807) is 24.3 Å². The zero-order valence-corrected chi connectivity index (χ0v) is 12.7. The van der Waals surface area contributed by atoms with E-state index in [0.29, 0.717) is 24.2 Å². The lowest BCUT2D eigenvalue weighted by Crippen LogP contribution is -2.20. The molecule has 0 bridgehead atoms. The molecule has 126 valence electrons. The molecule has 0 unspecified atom stereocenters. The topological polar surface area (TPSA) is 117 Å². The number of rotatable bonds is 3. The van der Waals surface area contributed by atoms with Crippen molar-refractivity contribution < 1.29 is 23.1 Å². The number of nitrogens with zero attached hydrogens (tertiary/aromatic N) is 2. The van der Waals surface area contributed by atoms with Crippen molar-refractivity contribution in [3.8, 4) is 0 Å². The van der Waals surface area contributed by atoms with Crippen molar-refractivity contribution in [2.24, 2.45) is 0 Å². The van der Waals surface area contributed by atoms with Crippen LogP contribution in [0, 0.1) is 0 Å². The minimum Gasteiger partial charge on any atom is -0.494 e. The Labute approximate surface area is 139 Å². The van der Waals surface area contributed by atoms with E-state index in [9.17, 15) is 9.59 Å². The highest BCUT2D eigenvalue weighted by atomic mass is 16.6. The molecule has 0 fully saturated rings. The molecule has 9 nitrogen and oxygen atoms in total. The van der Waals surface area contributed by atoms with Crippen LogP contribution in [-0.4, -0.2) is 29.3 Å². The van der Waals surface area contributed by atoms with Crippen molar-refractivity contribution in [3.63, 3.8) is 0 Å².